The van der Waals surface area contributed by atoms with Crippen molar-refractivity contribution in [3.63, 3.8) is 0 Å². The quantitative estimate of drug-likeness (QED) is 0.802. The predicted octanol–water partition coefficient (Wildman–Crippen LogP) is 3.59. The average Bonchev–Trinajstić information content (AvgIpc) is 2.33. The number of carbonyl (C=O) groups is 1. The van der Waals surface area contributed by atoms with E-state index in [0.717, 1.165) is 0 Å². The molecule has 0 aliphatic heterocycles. The number of hydrogen-bond donors (Lipinski definition) is 2. The fourth-order valence-electron chi connectivity index (χ4n) is 1.70. The van der Waals surface area contributed by atoms with Gasteiger partial charge in [-0.15, -0.1) is 12.4 Å². The summed E-state index contributed by atoms with van der Waals surface area (Å²) < 4.78 is 13.4. The first-order valence-electron chi connectivity index (χ1n) is 5.96. The van der Waals surface area contributed by atoms with Gasteiger partial charge in [0.2, 0.25) is 5.91 Å². The van der Waals surface area contributed by atoms with Crippen molar-refractivity contribution < 1.29 is 9.18 Å². The van der Waals surface area contributed by atoms with Gasteiger partial charge in [-0.05, 0) is 31.7 Å². The molecule has 0 heterocycles. The van der Waals surface area contributed by atoms with E-state index in [0.29, 0.717) is 17.1 Å². The lowest BCUT2D eigenvalue weighted by molar-refractivity contribution is -0.125. The molecule has 2 unspecified atom stereocenters. The minimum absolute atomic E-state index is 0. The summed E-state index contributed by atoms with van der Waals surface area (Å²) in [6.07, 6.45) is 0. The molecule has 20 heavy (non-hydrogen) atoms. The molecule has 0 aliphatic rings. The largest absolute Gasteiger partial charge is 0.349 e. The lowest BCUT2D eigenvalue weighted by Gasteiger charge is -2.19. The summed E-state index contributed by atoms with van der Waals surface area (Å²) in [6, 6.07) is 2.21. The van der Waals surface area contributed by atoms with E-state index in [1.165, 1.54) is 12.1 Å². The van der Waals surface area contributed by atoms with Crippen LogP contribution in [-0.4, -0.2) is 19.5 Å². The molecule has 0 aromatic heterocycles. The third kappa shape index (κ3) is 5.09. The molecule has 1 rings (SSSR count). The third-order valence-electron chi connectivity index (χ3n) is 2.82. The second kappa shape index (κ2) is 8.67. The number of hydrogen-bond acceptors (Lipinski definition) is 2. The Morgan fingerprint density at radius 1 is 1.30 bits per heavy atom. The number of nitrogens with one attached hydrogen (secondary N) is 2. The van der Waals surface area contributed by atoms with Crippen molar-refractivity contribution in [3.8, 4) is 0 Å². The highest BCUT2D eigenvalue weighted by Crippen LogP contribution is 2.28. The Hall–Kier alpha value is -0.550. The fourth-order valence-corrected chi connectivity index (χ4v) is 2.25. The van der Waals surface area contributed by atoms with Crippen molar-refractivity contribution in [2.24, 2.45) is 5.92 Å². The highest BCUT2D eigenvalue weighted by molar-refractivity contribution is 6.35. The molecule has 2 atom stereocenters. The summed E-state index contributed by atoms with van der Waals surface area (Å²) in [6.45, 7) is 4.13. The van der Waals surface area contributed by atoms with Gasteiger partial charge in [0, 0.05) is 17.5 Å². The standard InChI is InChI=1S/C13H17Cl2FN2O.ClH/c1-7(6-17-3)13(19)18-8(2)9-4-12(16)11(15)5-10(9)14;/h4-5,7-8,17H,6H2,1-3H3,(H,18,19);1H. The zero-order valence-electron chi connectivity index (χ0n) is 11.5. The van der Waals surface area contributed by atoms with Crippen LogP contribution in [0.15, 0.2) is 12.1 Å². The average molecular weight is 344 g/mol. The van der Waals surface area contributed by atoms with Crippen molar-refractivity contribution in [2.45, 2.75) is 19.9 Å². The van der Waals surface area contributed by atoms with Crippen molar-refractivity contribution in [1.82, 2.24) is 10.6 Å². The van der Waals surface area contributed by atoms with Crippen LogP contribution in [-0.2, 0) is 4.79 Å². The van der Waals surface area contributed by atoms with Gasteiger partial charge < -0.3 is 10.6 Å². The van der Waals surface area contributed by atoms with Crippen LogP contribution in [0.3, 0.4) is 0 Å². The van der Waals surface area contributed by atoms with Crippen LogP contribution < -0.4 is 10.6 Å². The van der Waals surface area contributed by atoms with Gasteiger partial charge in [-0.3, -0.25) is 4.79 Å². The predicted molar refractivity (Wildman–Crippen MR) is 83.3 cm³/mol. The molecule has 114 valence electrons. The Morgan fingerprint density at radius 3 is 2.45 bits per heavy atom. The van der Waals surface area contributed by atoms with Gasteiger partial charge in [0.1, 0.15) is 5.82 Å². The zero-order valence-corrected chi connectivity index (χ0v) is 13.8. The molecule has 3 nitrogen and oxygen atoms in total. The van der Waals surface area contributed by atoms with Crippen molar-refractivity contribution >= 4 is 41.5 Å². The fraction of sp³-hybridized carbons (Fsp3) is 0.462. The molecular formula is C13H18Cl3FN2O. The van der Waals surface area contributed by atoms with Crippen LogP contribution in [0, 0.1) is 11.7 Å². The van der Waals surface area contributed by atoms with Crippen LogP contribution in [0.1, 0.15) is 25.5 Å². The zero-order chi connectivity index (χ0) is 14.6. The molecule has 0 bridgehead atoms. The summed E-state index contributed by atoms with van der Waals surface area (Å²) in [5.41, 5.74) is 0.508. The molecule has 2 N–H and O–H groups in total. The highest BCUT2D eigenvalue weighted by Gasteiger charge is 2.18. The van der Waals surface area contributed by atoms with Gasteiger partial charge in [-0.1, -0.05) is 30.1 Å². The molecule has 0 aliphatic carbocycles. The maximum absolute atomic E-state index is 13.4. The van der Waals surface area contributed by atoms with E-state index in [2.05, 4.69) is 10.6 Å². The molecule has 0 radical (unpaired) electrons. The Kier molecular flexibility index (Phi) is 8.44. The smallest absolute Gasteiger partial charge is 0.224 e. The lowest BCUT2D eigenvalue weighted by Crippen LogP contribution is -2.35. The van der Waals surface area contributed by atoms with E-state index < -0.39 is 5.82 Å². The second-order valence-electron chi connectivity index (χ2n) is 4.48. The molecular weight excluding hydrogens is 326 g/mol. The molecule has 0 fully saturated rings. The van der Waals surface area contributed by atoms with E-state index in [4.69, 9.17) is 23.2 Å². The van der Waals surface area contributed by atoms with Crippen LogP contribution in [0.25, 0.3) is 0 Å². The Morgan fingerprint density at radius 2 is 1.90 bits per heavy atom. The first-order valence-corrected chi connectivity index (χ1v) is 6.71. The van der Waals surface area contributed by atoms with Gasteiger partial charge >= 0.3 is 0 Å². The summed E-state index contributed by atoms with van der Waals surface area (Å²) in [5, 5.41) is 6.02. The van der Waals surface area contributed by atoms with Crippen LogP contribution in [0.4, 0.5) is 4.39 Å². The second-order valence-corrected chi connectivity index (χ2v) is 5.29. The summed E-state index contributed by atoms with van der Waals surface area (Å²) >= 11 is 11.6. The molecule has 1 amide bonds. The van der Waals surface area contributed by atoms with Gasteiger partial charge in [-0.2, -0.15) is 0 Å². The third-order valence-corrected chi connectivity index (χ3v) is 3.44. The number of halogens is 4. The maximum Gasteiger partial charge on any atom is 0.224 e. The Labute approximate surface area is 134 Å². The van der Waals surface area contributed by atoms with E-state index in [1.807, 2.05) is 6.92 Å². The van der Waals surface area contributed by atoms with Crippen LogP contribution >= 0.6 is 35.6 Å². The van der Waals surface area contributed by atoms with Crippen molar-refractivity contribution in [2.75, 3.05) is 13.6 Å². The summed E-state index contributed by atoms with van der Waals surface area (Å²) in [4.78, 5) is 11.9. The topological polar surface area (TPSA) is 41.1 Å². The van der Waals surface area contributed by atoms with Gasteiger partial charge in [0.15, 0.2) is 0 Å². The number of benzene rings is 1. The van der Waals surface area contributed by atoms with Crippen LogP contribution in [0.2, 0.25) is 10.0 Å². The SMILES string of the molecule is CNCC(C)C(=O)NC(C)c1cc(F)c(Cl)cc1Cl.Cl. The monoisotopic (exact) mass is 342 g/mol. The number of amides is 1. The van der Waals surface area contributed by atoms with Gasteiger partial charge in [0.05, 0.1) is 11.1 Å². The molecule has 0 spiro atoms. The molecule has 0 saturated heterocycles. The highest BCUT2D eigenvalue weighted by atomic mass is 35.5. The van der Waals surface area contributed by atoms with Crippen molar-refractivity contribution in [1.29, 1.82) is 0 Å². The molecule has 1 aromatic carbocycles. The lowest BCUT2D eigenvalue weighted by atomic mass is 10.1. The maximum atomic E-state index is 13.4. The first-order chi connectivity index (χ1) is 8.86. The van der Waals surface area contributed by atoms with Crippen molar-refractivity contribution in [3.05, 3.63) is 33.6 Å². The Balaban J connectivity index is 0.00000361. The van der Waals surface area contributed by atoms with Gasteiger partial charge in [0.25, 0.3) is 0 Å². The van der Waals surface area contributed by atoms with Gasteiger partial charge in [-0.25, -0.2) is 4.39 Å². The normalized spacial score (nSPS) is 13.3. The van der Waals surface area contributed by atoms with E-state index in [-0.39, 0.29) is 35.3 Å². The first kappa shape index (κ1) is 19.4. The van der Waals surface area contributed by atoms with Crippen LogP contribution in [0.5, 0.6) is 0 Å². The number of carbonyl (C=O) groups excluding carboxylic acids is 1. The molecule has 1 aromatic rings. The van der Waals surface area contributed by atoms with E-state index in [1.54, 1.807) is 14.0 Å². The number of rotatable bonds is 5. The molecule has 0 saturated carbocycles. The Bertz CT molecular complexity index is 471. The summed E-state index contributed by atoms with van der Waals surface area (Å²) in [5.74, 6) is -0.845. The van der Waals surface area contributed by atoms with E-state index >= 15 is 0 Å². The summed E-state index contributed by atoms with van der Waals surface area (Å²) in [7, 11) is 1.78. The molecule has 7 heteroatoms. The van der Waals surface area contributed by atoms with E-state index in [9.17, 15) is 9.18 Å². The minimum atomic E-state index is -0.551. The minimum Gasteiger partial charge on any atom is -0.349 e.